The number of rotatable bonds is 6. The molecule has 0 radical (unpaired) electrons. The largest absolute Gasteiger partial charge is 0.334 e. The first kappa shape index (κ1) is 16.9. The highest BCUT2D eigenvalue weighted by Crippen LogP contribution is 2.08. The Morgan fingerprint density at radius 1 is 1.21 bits per heavy atom. The van der Waals surface area contributed by atoms with Crippen LogP contribution < -0.4 is 0 Å². The highest BCUT2D eigenvalue weighted by Gasteiger charge is 2.11. The molecule has 0 aliphatic rings. The second-order valence-corrected chi connectivity index (χ2v) is 5.10. The highest BCUT2D eigenvalue weighted by atomic mass is 16.2. The van der Waals surface area contributed by atoms with Gasteiger partial charge in [-0.3, -0.25) is 9.78 Å². The molecule has 0 bridgehead atoms. The van der Waals surface area contributed by atoms with Crippen LogP contribution in [0.25, 0.3) is 6.08 Å². The Hall–Kier alpha value is -3.44. The SMILES string of the molecule is N#CCCN(Cc1cccnc1)C(=O)/C=C/c1ccc(C#N)cc1. The molecular formula is C19H16N4O. The maximum absolute atomic E-state index is 12.4. The van der Waals surface area contributed by atoms with Crippen molar-refractivity contribution in [1.82, 2.24) is 9.88 Å². The van der Waals surface area contributed by atoms with Gasteiger partial charge in [-0.25, -0.2) is 0 Å². The van der Waals surface area contributed by atoms with Crippen molar-refractivity contribution in [2.75, 3.05) is 6.54 Å². The second kappa shape index (κ2) is 8.87. The van der Waals surface area contributed by atoms with Gasteiger partial charge in [0.05, 0.1) is 24.1 Å². The molecule has 0 saturated carbocycles. The third-order valence-electron chi connectivity index (χ3n) is 3.36. The Balaban J connectivity index is 2.07. The van der Waals surface area contributed by atoms with Crippen LogP contribution in [-0.4, -0.2) is 22.3 Å². The second-order valence-electron chi connectivity index (χ2n) is 5.10. The predicted molar refractivity (Wildman–Crippen MR) is 90.1 cm³/mol. The van der Waals surface area contributed by atoms with E-state index in [-0.39, 0.29) is 12.3 Å². The van der Waals surface area contributed by atoms with Crippen LogP contribution in [0, 0.1) is 22.7 Å². The van der Waals surface area contributed by atoms with Crippen LogP contribution >= 0.6 is 0 Å². The molecule has 5 heteroatoms. The number of benzene rings is 1. The lowest BCUT2D eigenvalue weighted by molar-refractivity contribution is -0.126. The number of hydrogen-bond acceptors (Lipinski definition) is 4. The van der Waals surface area contributed by atoms with E-state index in [0.29, 0.717) is 18.7 Å². The average Bonchev–Trinajstić information content (AvgIpc) is 2.64. The Bertz CT molecular complexity index is 783. The molecule has 118 valence electrons. The Morgan fingerprint density at radius 3 is 2.62 bits per heavy atom. The van der Waals surface area contributed by atoms with Gasteiger partial charge in [-0.1, -0.05) is 18.2 Å². The number of amides is 1. The molecule has 1 aromatic heterocycles. The third-order valence-corrected chi connectivity index (χ3v) is 3.36. The number of pyridine rings is 1. The standard InChI is InChI=1S/C19H16N4O/c20-10-2-12-23(15-18-3-1-11-22-14-18)19(24)9-8-16-4-6-17(13-21)7-5-16/h1,3-9,11,14H,2,12,15H2/b9-8+. The van der Waals surface area contributed by atoms with Gasteiger partial charge in [0.1, 0.15) is 0 Å². The fraction of sp³-hybridized carbons (Fsp3) is 0.158. The zero-order chi connectivity index (χ0) is 17.2. The number of carbonyl (C=O) groups is 1. The van der Waals surface area contributed by atoms with E-state index in [4.69, 9.17) is 10.5 Å². The van der Waals surface area contributed by atoms with Gasteiger partial charge in [-0.2, -0.15) is 10.5 Å². The summed E-state index contributed by atoms with van der Waals surface area (Å²) in [4.78, 5) is 18.1. The van der Waals surface area contributed by atoms with Crippen molar-refractivity contribution in [1.29, 1.82) is 10.5 Å². The predicted octanol–water partition coefficient (Wildman–Crippen LogP) is 2.91. The minimum atomic E-state index is -0.168. The summed E-state index contributed by atoms with van der Waals surface area (Å²) in [7, 11) is 0. The first-order valence-electron chi connectivity index (χ1n) is 7.46. The van der Waals surface area contributed by atoms with Crippen molar-refractivity contribution in [3.8, 4) is 12.1 Å². The number of aromatic nitrogens is 1. The average molecular weight is 316 g/mol. The fourth-order valence-electron chi connectivity index (χ4n) is 2.11. The van der Waals surface area contributed by atoms with Gasteiger partial charge in [0.25, 0.3) is 0 Å². The quantitative estimate of drug-likeness (QED) is 0.767. The molecule has 1 amide bonds. The van der Waals surface area contributed by atoms with Crippen LogP contribution in [-0.2, 0) is 11.3 Å². The third kappa shape index (κ3) is 5.08. The molecule has 0 fully saturated rings. The van der Waals surface area contributed by atoms with Crippen molar-refractivity contribution >= 4 is 12.0 Å². The molecule has 1 heterocycles. The first-order valence-corrected chi connectivity index (χ1v) is 7.46. The Kier molecular flexibility index (Phi) is 6.25. The lowest BCUT2D eigenvalue weighted by atomic mass is 10.1. The Morgan fingerprint density at radius 2 is 2.00 bits per heavy atom. The monoisotopic (exact) mass is 316 g/mol. The van der Waals surface area contributed by atoms with E-state index in [1.165, 1.54) is 6.08 Å². The van der Waals surface area contributed by atoms with E-state index in [2.05, 4.69) is 17.1 Å². The molecule has 2 rings (SSSR count). The molecule has 0 aliphatic heterocycles. The molecule has 1 aromatic carbocycles. The molecule has 5 nitrogen and oxygen atoms in total. The maximum atomic E-state index is 12.4. The van der Waals surface area contributed by atoms with Gasteiger partial charge >= 0.3 is 0 Å². The molecule has 0 spiro atoms. The summed E-state index contributed by atoms with van der Waals surface area (Å²) in [5, 5.41) is 17.6. The van der Waals surface area contributed by atoms with Crippen LogP contribution in [0.15, 0.2) is 54.9 Å². The smallest absolute Gasteiger partial charge is 0.246 e. The molecule has 0 aliphatic carbocycles. The van der Waals surface area contributed by atoms with Crippen LogP contribution in [0.5, 0.6) is 0 Å². The molecular weight excluding hydrogens is 300 g/mol. The van der Waals surface area contributed by atoms with Gasteiger partial charge in [-0.15, -0.1) is 0 Å². The van der Waals surface area contributed by atoms with Gasteiger partial charge in [-0.05, 0) is 35.4 Å². The van der Waals surface area contributed by atoms with Crippen LogP contribution in [0.3, 0.4) is 0 Å². The van der Waals surface area contributed by atoms with Gasteiger partial charge in [0.15, 0.2) is 0 Å². The molecule has 0 unspecified atom stereocenters. The van der Waals surface area contributed by atoms with Crippen LogP contribution in [0.1, 0.15) is 23.1 Å². The van der Waals surface area contributed by atoms with E-state index < -0.39 is 0 Å². The summed E-state index contributed by atoms with van der Waals surface area (Å²) >= 11 is 0. The molecule has 24 heavy (non-hydrogen) atoms. The van der Waals surface area contributed by atoms with Gasteiger partial charge < -0.3 is 4.90 Å². The summed E-state index contributed by atoms with van der Waals surface area (Å²) in [5.74, 6) is -0.168. The normalized spacial score (nSPS) is 10.1. The summed E-state index contributed by atoms with van der Waals surface area (Å²) < 4.78 is 0. The molecule has 2 aromatic rings. The van der Waals surface area contributed by atoms with Crippen LogP contribution in [0.4, 0.5) is 0 Å². The van der Waals surface area contributed by atoms with E-state index in [1.807, 2.05) is 12.1 Å². The van der Waals surface area contributed by atoms with E-state index in [9.17, 15) is 4.79 Å². The summed E-state index contributed by atoms with van der Waals surface area (Å²) in [6.45, 7) is 0.772. The lowest BCUT2D eigenvalue weighted by Gasteiger charge is -2.19. The van der Waals surface area contributed by atoms with Gasteiger partial charge in [0.2, 0.25) is 5.91 Å². The number of nitriles is 2. The first-order chi connectivity index (χ1) is 11.7. The van der Waals surface area contributed by atoms with E-state index in [0.717, 1.165) is 11.1 Å². The van der Waals surface area contributed by atoms with Crippen molar-refractivity contribution in [3.05, 3.63) is 71.6 Å². The van der Waals surface area contributed by atoms with Crippen LogP contribution in [0.2, 0.25) is 0 Å². The molecule has 0 atom stereocenters. The topological polar surface area (TPSA) is 80.8 Å². The number of hydrogen-bond donors (Lipinski definition) is 0. The zero-order valence-corrected chi connectivity index (χ0v) is 13.1. The van der Waals surface area contributed by atoms with Crippen molar-refractivity contribution < 1.29 is 4.79 Å². The molecule has 0 N–H and O–H groups in total. The van der Waals surface area contributed by atoms with E-state index in [1.54, 1.807) is 47.6 Å². The van der Waals surface area contributed by atoms with Crippen molar-refractivity contribution in [3.63, 3.8) is 0 Å². The lowest BCUT2D eigenvalue weighted by Crippen LogP contribution is -2.29. The minimum Gasteiger partial charge on any atom is -0.334 e. The molecule has 0 saturated heterocycles. The van der Waals surface area contributed by atoms with E-state index >= 15 is 0 Å². The van der Waals surface area contributed by atoms with Gasteiger partial charge in [0, 0.05) is 31.6 Å². The summed E-state index contributed by atoms with van der Waals surface area (Å²) in [6.07, 6.45) is 6.84. The summed E-state index contributed by atoms with van der Waals surface area (Å²) in [5.41, 5.74) is 2.32. The minimum absolute atomic E-state index is 0.168. The maximum Gasteiger partial charge on any atom is 0.246 e. The van der Waals surface area contributed by atoms with Crippen molar-refractivity contribution in [2.24, 2.45) is 0 Å². The number of carbonyl (C=O) groups excluding carboxylic acids is 1. The highest BCUT2D eigenvalue weighted by molar-refractivity contribution is 5.91. The van der Waals surface area contributed by atoms with Crippen molar-refractivity contribution in [2.45, 2.75) is 13.0 Å². The fourth-order valence-corrected chi connectivity index (χ4v) is 2.11. The number of nitrogens with zero attached hydrogens (tertiary/aromatic N) is 4. The Labute approximate surface area is 141 Å². The summed E-state index contributed by atoms with van der Waals surface area (Å²) in [6, 6.07) is 14.8. The zero-order valence-electron chi connectivity index (χ0n) is 13.1.